The topological polar surface area (TPSA) is 145 Å². The third kappa shape index (κ3) is 6.11. The molecular formula is C25H30N6O5S2. The molecule has 38 heavy (non-hydrogen) atoms. The fourth-order valence-electron chi connectivity index (χ4n) is 4.76. The van der Waals surface area contributed by atoms with E-state index < -0.39 is 16.1 Å². The van der Waals surface area contributed by atoms with E-state index >= 15 is 0 Å². The minimum absolute atomic E-state index is 0.0127. The predicted molar refractivity (Wildman–Crippen MR) is 142 cm³/mol. The Morgan fingerprint density at radius 3 is 2.82 bits per heavy atom. The number of hydrogen-bond donors (Lipinski definition) is 2. The van der Waals surface area contributed by atoms with Crippen LogP contribution in [0.1, 0.15) is 60.6 Å². The molecule has 0 spiro atoms. The molecule has 202 valence electrons. The third-order valence-electron chi connectivity index (χ3n) is 6.68. The third-order valence-corrected chi connectivity index (χ3v) is 9.57. The molecule has 2 aliphatic rings. The first-order chi connectivity index (χ1) is 18.4. The van der Waals surface area contributed by atoms with Gasteiger partial charge in [0.15, 0.2) is 5.01 Å². The van der Waals surface area contributed by atoms with Gasteiger partial charge in [0, 0.05) is 24.9 Å². The van der Waals surface area contributed by atoms with Crippen molar-refractivity contribution in [3.8, 4) is 16.5 Å². The van der Waals surface area contributed by atoms with Gasteiger partial charge in [-0.05, 0) is 38.3 Å². The first-order valence-electron chi connectivity index (χ1n) is 12.7. The number of ether oxygens (including phenoxy) is 2. The van der Waals surface area contributed by atoms with E-state index in [1.165, 1.54) is 17.5 Å². The SMILES string of the molecule is CCOc1cncc(-c2cnc(C(=O)N[C@H](c3cc(NS(=O)(=O)C4CCCC4)ccn3)[C@@H]3CCOC3)s2)n1. The van der Waals surface area contributed by atoms with Crippen molar-refractivity contribution in [3.63, 3.8) is 0 Å². The molecular weight excluding hydrogens is 528 g/mol. The standard InChI is InChI=1S/C25H30N6O5S2/c1-2-36-22-14-26-12-20(29-22)21-13-28-25(37-21)24(32)30-23(16-8-10-35-15-16)19-11-17(7-9-27-19)31-38(33,34)18-5-3-4-6-18/h7,9,11-14,16,18,23H,2-6,8,10,15H2,1H3,(H,27,31)(H,30,32)/t16-,23+/m1/s1. The maximum Gasteiger partial charge on any atom is 0.280 e. The van der Waals surface area contributed by atoms with E-state index in [-0.39, 0.29) is 22.1 Å². The number of anilines is 1. The highest BCUT2D eigenvalue weighted by Crippen LogP contribution is 2.32. The molecule has 4 heterocycles. The van der Waals surface area contributed by atoms with Crippen LogP contribution in [0.2, 0.25) is 0 Å². The van der Waals surface area contributed by atoms with Gasteiger partial charge >= 0.3 is 0 Å². The van der Waals surface area contributed by atoms with Crippen LogP contribution in [0.15, 0.2) is 36.9 Å². The second kappa shape index (κ2) is 11.7. The molecule has 2 atom stereocenters. The van der Waals surface area contributed by atoms with Gasteiger partial charge in [0.05, 0.1) is 53.2 Å². The minimum Gasteiger partial charge on any atom is -0.477 e. The van der Waals surface area contributed by atoms with E-state index in [4.69, 9.17) is 9.47 Å². The summed E-state index contributed by atoms with van der Waals surface area (Å²) in [5.41, 5.74) is 1.56. The van der Waals surface area contributed by atoms with Crippen LogP contribution in [0.4, 0.5) is 5.69 Å². The van der Waals surface area contributed by atoms with Gasteiger partial charge in [0.1, 0.15) is 5.69 Å². The molecule has 11 nitrogen and oxygen atoms in total. The fraction of sp³-hybridized carbons (Fsp3) is 0.480. The summed E-state index contributed by atoms with van der Waals surface area (Å²) < 4.78 is 39.4. The maximum atomic E-state index is 13.3. The summed E-state index contributed by atoms with van der Waals surface area (Å²) >= 11 is 1.20. The van der Waals surface area contributed by atoms with E-state index in [0.717, 1.165) is 19.3 Å². The molecule has 1 aliphatic carbocycles. The van der Waals surface area contributed by atoms with Gasteiger partial charge in [0.2, 0.25) is 15.9 Å². The molecule has 1 amide bonds. The van der Waals surface area contributed by atoms with E-state index in [1.807, 2.05) is 6.92 Å². The molecule has 5 rings (SSSR count). The van der Waals surface area contributed by atoms with Crippen LogP contribution in [0.5, 0.6) is 5.88 Å². The van der Waals surface area contributed by atoms with Crippen molar-refractivity contribution in [2.24, 2.45) is 5.92 Å². The molecule has 0 unspecified atom stereocenters. The van der Waals surface area contributed by atoms with Gasteiger partial charge in [-0.15, -0.1) is 11.3 Å². The molecule has 0 bridgehead atoms. The fourth-order valence-corrected chi connectivity index (χ4v) is 7.11. The Balaban J connectivity index is 1.35. The number of carbonyl (C=O) groups is 1. The van der Waals surface area contributed by atoms with Crippen LogP contribution in [-0.2, 0) is 14.8 Å². The highest BCUT2D eigenvalue weighted by atomic mass is 32.2. The number of nitrogens with one attached hydrogen (secondary N) is 2. The molecule has 0 aromatic carbocycles. The van der Waals surface area contributed by atoms with Gasteiger partial charge in [-0.1, -0.05) is 12.8 Å². The Bertz CT molecular complexity index is 1370. The summed E-state index contributed by atoms with van der Waals surface area (Å²) in [7, 11) is -3.49. The van der Waals surface area contributed by atoms with Crippen molar-refractivity contribution in [2.45, 2.75) is 50.3 Å². The number of amides is 1. The number of sulfonamides is 1. The molecule has 1 aliphatic heterocycles. The normalized spacial score (nSPS) is 18.8. The Morgan fingerprint density at radius 1 is 1.21 bits per heavy atom. The molecule has 0 radical (unpaired) electrons. The zero-order valence-corrected chi connectivity index (χ0v) is 22.6. The average Bonchev–Trinajstić information content (AvgIpc) is 3.70. The van der Waals surface area contributed by atoms with Crippen LogP contribution < -0.4 is 14.8 Å². The average molecular weight is 559 g/mol. The Labute approximate surface area is 225 Å². The number of nitrogens with zero attached hydrogens (tertiary/aromatic N) is 4. The van der Waals surface area contributed by atoms with Gasteiger partial charge in [0.25, 0.3) is 5.91 Å². The summed E-state index contributed by atoms with van der Waals surface area (Å²) in [6.07, 6.45) is 10.2. The van der Waals surface area contributed by atoms with Crippen LogP contribution in [0.3, 0.4) is 0 Å². The molecule has 2 fully saturated rings. The van der Waals surface area contributed by atoms with Crippen LogP contribution >= 0.6 is 11.3 Å². The maximum absolute atomic E-state index is 13.3. The summed E-state index contributed by atoms with van der Waals surface area (Å²) in [4.78, 5) is 31.3. The molecule has 1 saturated heterocycles. The zero-order chi connectivity index (χ0) is 26.5. The molecule has 1 saturated carbocycles. The first kappa shape index (κ1) is 26.4. The van der Waals surface area contributed by atoms with E-state index in [2.05, 4.69) is 30.0 Å². The van der Waals surface area contributed by atoms with Crippen molar-refractivity contribution in [1.29, 1.82) is 0 Å². The zero-order valence-electron chi connectivity index (χ0n) is 21.0. The lowest BCUT2D eigenvalue weighted by Crippen LogP contribution is -2.34. The number of rotatable bonds is 10. The lowest BCUT2D eigenvalue weighted by atomic mass is 9.95. The van der Waals surface area contributed by atoms with Gasteiger partial charge < -0.3 is 14.8 Å². The molecule has 13 heteroatoms. The first-order valence-corrected chi connectivity index (χ1v) is 15.1. The van der Waals surface area contributed by atoms with Crippen molar-refractivity contribution in [2.75, 3.05) is 24.5 Å². The molecule has 2 N–H and O–H groups in total. The van der Waals surface area contributed by atoms with Crippen molar-refractivity contribution >= 4 is 33.0 Å². The summed E-state index contributed by atoms with van der Waals surface area (Å²) in [6, 6.07) is 2.84. The van der Waals surface area contributed by atoms with E-state index in [1.54, 1.807) is 30.7 Å². The Hall–Kier alpha value is -3.16. The van der Waals surface area contributed by atoms with Gasteiger partial charge in [-0.25, -0.2) is 18.4 Å². The van der Waals surface area contributed by atoms with Crippen molar-refractivity contribution < 1.29 is 22.7 Å². The summed E-state index contributed by atoms with van der Waals surface area (Å²) in [5.74, 6) is 0.0346. The van der Waals surface area contributed by atoms with Gasteiger partial charge in [-0.3, -0.25) is 19.5 Å². The largest absolute Gasteiger partial charge is 0.477 e. The number of carbonyl (C=O) groups excluding carboxylic acids is 1. The van der Waals surface area contributed by atoms with Crippen LogP contribution in [0.25, 0.3) is 10.6 Å². The number of aromatic nitrogens is 4. The predicted octanol–water partition coefficient (Wildman–Crippen LogP) is 3.59. The smallest absolute Gasteiger partial charge is 0.280 e. The number of hydrogen-bond acceptors (Lipinski definition) is 10. The summed E-state index contributed by atoms with van der Waals surface area (Å²) in [5, 5.41) is 2.95. The number of pyridine rings is 1. The van der Waals surface area contributed by atoms with Crippen molar-refractivity contribution in [3.05, 3.63) is 47.6 Å². The quantitative estimate of drug-likeness (QED) is 0.381. The monoisotopic (exact) mass is 558 g/mol. The molecule has 3 aromatic heterocycles. The second-order valence-corrected chi connectivity index (χ2v) is 12.3. The Morgan fingerprint density at radius 2 is 2.05 bits per heavy atom. The lowest BCUT2D eigenvalue weighted by Gasteiger charge is -2.23. The summed E-state index contributed by atoms with van der Waals surface area (Å²) in [6.45, 7) is 3.39. The highest BCUT2D eigenvalue weighted by molar-refractivity contribution is 7.93. The second-order valence-electron chi connectivity index (χ2n) is 9.30. The van der Waals surface area contributed by atoms with E-state index in [0.29, 0.717) is 60.5 Å². The number of thiazole rings is 1. The van der Waals surface area contributed by atoms with Crippen molar-refractivity contribution in [1.82, 2.24) is 25.3 Å². The van der Waals surface area contributed by atoms with Gasteiger partial charge in [-0.2, -0.15) is 0 Å². The van der Waals surface area contributed by atoms with Crippen LogP contribution in [0, 0.1) is 5.92 Å². The van der Waals surface area contributed by atoms with Crippen LogP contribution in [-0.4, -0.2) is 59.3 Å². The highest BCUT2D eigenvalue weighted by Gasteiger charge is 2.32. The minimum atomic E-state index is -3.49. The Kier molecular flexibility index (Phi) is 8.15. The molecule has 3 aromatic rings. The van der Waals surface area contributed by atoms with E-state index in [9.17, 15) is 13.2 Å². The lowest BCUT2D eigenvalue weighted by molar-refractivity contribution is 0.0914.